The molecule has 3 aromatic rings. The van der Waals surface area contributed by atoms with Gasteiger partial charge < -0.3 is 10.1 Å². The molecule has 0 aliphatic rings. The first-order chi connectivity index (χ1) is 10.1. The number of ether oxygens (including phenoxy) is 1. The van der Waals surface area contributed by atoms with E-state index in [2.05, 4.69) is 20.4 Å². The van der Waals surface area contributed by atoms with Crippen molar-refractivity contribution in [3.63, 3.8) is 0 Å². The first-order valence-electron chi connectivity index (χ1n) is 6.26. The second-order valence-corrected chi connectivity index (χ2v) is 5.37. The number of hydrogen-bond donors (Lipinski definition) is 1. The number of hydrogen-bond acceptors (Lipinski definition) is 6. The summed E-state index contributed by atoms with van der Waals surface area (Å²) in [5.74, 6) is -0.292. The molecule has 110 valence electrons. The lowest BCUT2D eigenvalue weighted by molar-refractivity contribution is 0.0928. The highest BCUT2D eigenvalue weighted by molar-refractivity contribution is 7.15. The predicted octanol–water partition coefficient (Wildman–Crippen LogP) is 1.02. The van der Waals surface area contributed by atoms with Gasteiger partial charge in [-0.1, -0.05) is 0 Å². The van der Waals surface area contributed by atoms with Crippen molar-refractivity contribution >= 4 is 22.2 Å². The van der Waals surface area contributed by atoms with Gasteiger partial charge in [0.25, 0.3) is 5.91 Å². The number of nitrogens with zero attached hydrogens (tertiary/aromatic N) is 5. The Morgan fingerprint density at radius 1 is 1.48 bits per heavy atom. The van der Waals surface area contributed by atoms with Crippen molar-refractivity contribution in [2.45, 2.75) is 13.0 Å². The standard InChI is InChI=1S/C12H14N6O2S/c1-7(8-6-18-4-5-21-12(18)14-8)13-10(19)9-15-11(20-3)17(2)16-9/h4-7H,1-3H3,(H,13,19). The third kappa shape index (κ3) is 2.47. The number of aryl methyl sites for hydroxylation is 1. The molecule has 0 fully saturated rings. The minimum Gasteiger partial charge on any atom is -0.467 e. The Hall–Kier alpha value is -2.42. The van der Waals surface area contributed by atoms with Crippen LogP contribution in [0, 0.1) is 0 Å². The normalized spacial score (nSPS) is 12.5. The molecule has 0 spiro atoms. The van der Waals surface area contributed by atoms with Crippen LogP contribution in [0.4, 0.5) is 0 Å². The molecule has 0 aromatic carbocycles. The smallest absolute Gasteiger partial charge is 0.314 e. The SMILES string of the molecule is COc1nc(C(=O)NC(C)c2cn3ccsc3n2)nn1C. The topological polar surface area (TPSA) is 86.3 Å². The highest BCUT2D eigenvalue weighted by Crippen LogP contribution is 2.17. The van der Waals surface area contributed by atoms with Crippen molar-refractivity contribution < 1.29 is 9.53 Å². The van der Waals surface area contributed by atoms with Crippen LogP contribution in [0.1, 0.15) is 29.3 Å². The molecule has 0 saturated heterocycles. The third-order valence-corrected chi connectivity index (χ3v) is 3.78. The fraction of sp³-hybridized carbons (Fsp3) is 0.333. The van der Waals surface area contributed by atoms with Gasteiger partial charge in [0.15, 0.2) is 4.96 Å². The van der Waals surface area contributed by atoms with Crippen molar-refractivity contribution in [2.24, 2.45) is 7.05 Å². The van der Waals surface area contributed by atoms with E-state index in [1.807, 2.05) is 29.1 Å². The number of carbonyl (C=O) groups is 1. The molecule has 1 unspecified atom stereocenters. The largest absolute Gasteiger partial charge is 0.467 e. The molecule has 3 heterocycles. The zero-order valence-electron chi connectivity index (χ0n) is 11.8. The van der Waals surface area contributed by atoms with E-state index >= 15 is 0 Å². The van der Waals surface area contributed by atoms with Crippen molar-refractivity contribution in [2.75, 3.05) is 7.11 Å². The van der Waals surface area contributed by atoms with E-state index in [0.717, 1.165) is 10.7 Å². The first kappa shape index (κ1) is 13.6. The summed E-state index contributed by atoms with van der Waals surface area (Å²) in [6.07, 6.45) is 3.82. The van der Waals surface area contributed by atoms with Crippen LogP contribution in [-0.4, -0.2) is 37.2 Å². The molecule has 1 atom stereocenters. The monoisotopic (exact) mass is 306 g/mol. The Morgan fingerprint density at radius 2 is 2.29 bits per heavy atom. The summed E-state index contributed by atoms with van der Waals surface area (Å²) in [5.41, 5.74) is 0.790. The molecule has 0 aliphatic carbocycles. The minimum atomic E-state index is -0.363. The van der Waals surface area contributed by atoms with Gasteiger partial charge in [0.2, 0.25) is 5.82 Å². The number of carbonyl (C=O) groups excluding carboxylic acids is 1. The van der Waals surface area contributed by atoms with Gasteiger partial charge in [0, 0.05) is 24.8 Å². The summed E-state index contributed by atoms with van der Waals surface area (Å²) < 4.78 is 8.32. The van der Waals surface area contributed by atoms with E-state index < -0.39 is 0 Å². The van der Waals surface area contributed by atoms with Crippen molar-refractivity contribution in [1.82, 2.24) is 29.5 Å². The van der Waals surface area contributed by atoms with E-state index in [-0.39, 0.29) is 23.8 Å². The number of amides is 1. The van der Waals surface area contributed by atoms with E-state index in [9.17, 15) is 4.79 Å². The zero-order chi connectivity index (χ0) is 15.0. The van der Waals surface area contributed by atoms with Crippen molar-refractivity contribution in [3.05, 3.63) is 29.3 Å². The molecule has 9 heteroatoms. The van der Waals surface area contributed by atoms with Crippen molar-refractivity contribution in [1.29, 1.82) is 0 Å². The van der Waals surface area contributed by atoms with Gasteiger partial charge in [-0.2, -0.15) is 4.98 Å². The van der Waals surface area contributed by atoms with E-state index in [0.29, 0.717) is 0 Å². The zero-order valence-corrected chi connectivity index (χ0v) is 12.6. The van der Waals surface area contributed by atoms with Crippen LogP contribution < -0.4 is 10.1 Å². The Kier molecular flexibility index (Phi) is 3.34. The fourth-order valence-electron chi connectivity index (χ4n) is 1.93. The molecular formula is C12H14N6O2S. The molecule has 1 amide bonds. The van der Waals surface area contributed by atoms with Crippen LogP contribution in [0.5, 0.6) is 6.01 Å². The average Bonchev–Trinajstić information content (AvgIpc) is 3.11. The van der Waals surface area contributed by atoms with Gasteiger partial charge in [-0.25, -0.2) is 9.67 Å². The number of aromatic nitrogens is 5. The quantitative estimate of drug-likeness (QED) is 0.778. The summed E-state index contributed by atoms with van der Waals surface area (Å²) in [5, 5.41) is 8.79. The lowest BCUT2D eigenvalue weighted by Gasteiger charge is -2.09. The van der Waals surface area contributed by atoms with Crippen LogP contribution in [-0.2, 0) is 7.05 Å². The molecule has 3 aromatic heterocycles. The molecule has 3 rings (SSSR count). The molecule has 0 saturated carbocycles. The fourth-order valence-corrected chi connectivity index (χ4v) is 2.64. The van der Waals surface area contributed by atoms with E-state index in [4.69, 9.17) is 4.74 Å². The molecule has 0 radical (unpaired) electrons. The molecular weight excluding hydrogens is 292 g/mol. The Morgan fingerprint density at radius 3 is 2.95 bits per heavy atom. The highest BCUT2D eigenvalue weighted by Gasteiger charge is 2.19. The van der Waals surface area contributed by atoms with E-state index in [1.165, 1.54) is 11.8 Å². The van der Waals surface area contributed by atoms with Crippen LogP contribution in [0.15, 0.2) is 17.8 Å². The second-order valence-electron chi connectivity index (χ2n) is 4.50. The van der Waals surface area contributed by atoms with Gasteiger partial charge in [0.05, 0.1) is 18.8 Å². The van der Waals surface area contributed by atoms with Crippen molar-refractivity contribution in [3.8, 4) is 6.01 Å². The maximum atomic E-state index is 12.1. The van der Waals surface area contributed by atoms with Crippen LogP contribution in [0.2, 0.25) is 0 Å². The number of imidazole rings is 1. The summed E-state index contributed by atoms with van der Waals surface area (Å²) in [4.78, 5) is 21.5. The van der Waals surface area contributed by atoms with Gasteiger partial charge in [-0.05, 0) is 6.92 Å². The molecule has 1 N–H and O–H groups in total. The number of methoxy groups -OCH3 is 1. The van der Waals surface area contributed by atoms with Gasteiger partial charge in [-0.15, -0.1) is 16.4 Å². The Bertz CT molecular complexity index is 760. The third-order valence-electron chi connectivity index (χ3n) is 3.01. The van der Waals surface area contributed by atoms with Gasteiger partial charge >= 0.3 is 6.01 Å². The van der Waals surface area contributed by atoms with Crippen LogP contribution in [0.25, 0.3) is 4.96 Å². The average molecular weight is 306 g/mol. The minimum absolute atomic E-state index is 0.0715. The summed E-state index contributed by atoms with van der Waals surface area (Å²) in [6, 6.07) is 0.0507. The highest BCUT2D eigenvalue weighted by atomic mass is 32.1. The number of fused-ring (bicyclic) bond motifs is 1. The summed E-state index contributed by atoms with van der Waals surface area (Å²) in [7, 11) is 3.14. The summed E-state index contributed by atoms with van der Waals surface area (Å²) >= 11 is 1.54. The molecule has 21 heavy (non-hydrogen) atoms. The molecule has 0 bridgehead atoms. The predicted molar refractivity (Wildman–Crippen MR) is 76.5 cm³/mol. The van der Waals surface area contributed by atoms with Crippen LogP contribution in [0.3, 0.4) is 0 Å². The number of thiazole rings is 1. The molecule has 0 aliphatic heterocycles. The van der Waals surface area contributed by atoms with Gasteiger partial charge in [0.1, 0.15) is 0 Å². The van der Waals surface area contributed by atoms with E-state index in [1.54, 1.807) is 18.4 Å². The second kappa shape index (κ2) is 5.17. The molecule has 8 nitrogen and oxygen atoms in total. The maximum Gasteiger partial charge on any atom is 0.314 e. The van der Waals surface area contributed by atoms with Crippen LogP contribution >= 0.6 is 11.3 Å². The lowest BCUT2D eigenvalue weighted by Crippen LogP contribution is -2.28. The Balaban J connectivity index is 1.75. The number of nitrogens with one attached hydrogen (secondary N) is 1. The Labute approximate surface area is 124 Å². The van der Waals surface area contributed by atoms with Gasteiger partial charge in [-0.3, -0.25) is 9.20 Å². The lowest BCUT2D eigenvalue weighted by atomic mass is 10.2. The number of rotatable bonds is 4. The maximum absolute atomic E-state index is 12.1. The first-order valence-corrected chi connectivity index (χ1v) is 7.14. The summed E-state index contributed by atoms with van der Waals surface area (Å²) in [6.45, 7) is 1.87.